The molecular formula is C39H43N7O7. The van der Waals surface area contributed by atoms with Crippen LogP contribution in [0.15, 0.2) is 48.7 Å². The molecule has 5 heterocycles. The highest BCUT2D eigenvalue weighted by atomic mass is 16.5. The predicted molar refractivity (Wildman–Crippen MR) is 196 cm³/mol. The smallest absolute Gasteiger partial charge is 0.407 e. The summed E-state index contributed by atoms with van der Waals surface area (Å²) in [7, 11) is 2.94. The lowest BCUT2D eigenvalue weighted by Gasteiger charge is -2.30. The number of H-pyrrole nitrogens is 2. The Morgan fingerprint density at radius 2 is 1.89 bits per heavy atom. The first kappa shape index (κ1) is 34.5. The number of hydrogen-bond donors (Lipinski definition) is 4. The highest BCUT2D eigenvalue weighted by Crippen LogP contribution is 2.44. The van der Waals surface area contributed by atoms with E-state index in [1.165, 1.54) is 12.0 Å². The van der Waals surface area contributed by atoms with Crippen LogP contribution in [0.2, 0.25) is 0 Å². The van der Waals surface area contributed by atoms with Gasteiger partial charge in [-0.15, -0.1) is 0 Å². The molecule has 4 N–H and O–H groups in total. The van der Waals surface area contributed by atoms with E-state index < -0.39 is 18.2 Å². The summed E-state index contributed by atoms with van der Waals surface area (Å²) in [5, 5.41) is 14.3. The van der Waals surface area contributed by atoms with Crippen molar-refractivity contribution in [2.24, 2.45) is 11.8 Å². The van der Waals surface area contributed by atoms with Crippen LogP contribution < -0.4 is 10.1 Å². The number of aromatic nitrogens is 4. The van der Waals surface area contributed by atoms with E-state index in [0.29, 0.717) is 44.4 Å². The fourth-order valence-electron chi connectivity index (χ4n) is 8.23. The van der Waals surface area contributed by atoms with Crippen molar-refractivity contribution >= 4 is 39.9 Å². The van der Waals surface area contributed by atoms with Crippen LogP contribution in [0.5, 0.6) is 5.75 Å². The Hall–Kier alpha value is -5.63. The Bertz CT molecular complexity index is 2230. The van der Waals surface area contributed by atoms with E-state index in [1.54, 1.807) is 13.3 Å². The number of hydrogen-bond acceptors (Lipinski definition) is 8. The van der Waals surface area contributed by atoms with Crippen LogP contribution in [0.1, 0.15) is 62.4 Å². The van der Waals surface area contributed by atoms with Gasteiger partial charge in [0.1, 0.15) is 30.0 Å². The fourth-order valence-corrected chi connectivity index (χ4v) is 8.23. The van der Waals surface area contributed by atoms with Gasteiger partial charge in [0.15, 0.2) is 0 Å². The van der Waals surface area contributed by atoms with Gasteiger partial charge in [-0.05, 0) is 71.5 Å². The maximum absolute atomic E-state index is 14.0. The Kier molecular flexibility index (Phi) is 8.93. The Balaban J connectivity index is 1.09. The normalized spacial score (nSPS) is 20.1. The zero-order chi connectivity index (χ0) is 37.0. The van der Waals surface area contributed by atoms with Crippen molar-refractivity contribution in [2.45, 2.75) is 57.8 Å². The van der Waals surface area contributed by atoms with E-state index in [0.717, 1.165) is 68.3 Å². The lowest BCUT2D eigenvalue weighted by Crippen LogP contribution is -2.51. The molecule has 0 aliphatic carbocycles. The number of imidazole rings is 2. The molecule has 5 aromatic rings. The number of aromatic amines is 2. The van der Waals surface area contributed by atoms with Crippen molar-refractivity contribution in [1.82, 2.24) is 35.1 Å². The lowest BCUT2D eigenvalue weighted by molar-refractivity contribution is -0.135. The third-order valence-electron chi connectivity index (χ3n) is 10.9. The number of nitrogens with one attached hydrogen (secondary N) is 3. The quantitative estimate of drug-likeness (QED) is 0.141. The van der Waals surface area contributed by atoms with Crippen LogP contribution in [0, 0.1) is 11.8 Å². The van der Waals surface area contributed by atoms with Crippen molar-refractivity contribution in [2.75, 3.05) is 33.9 Å². The maximum Gasteiger partial charge on any atom is 0.407 e. The number of rotatable bonds is 8. The highest BCUT2D eigenvalue weighted by molar-refractivity contribution is 6.07. The van der Waals surface area contributed by atoms with Gasteiger partial charge in [-0.2, -0.15) is 0 Å². The molecule has 0 radical (unpaired) electrons. The van der Waals surface area contributed by atoms with Crippen LogP contribution in [-0.2, 0) is 20.9 Å². The van der Waals surface area contributed by atoms with E-state index in [9.17, 15) is 19.5 Å². The summed E-state index contributed by atoms with van der Waals surface area (Å²) in [4.78, 5) is 57.6. The SMILES string of the molecule is COC[C@H]1C[C@@H](c2nc3ccc4cc5c(cc4c3[nH]2)OCc2cc(-c3cnc([C@@H]4CCCN4C(=O)O)[nH]3)ccc2-5)N(C(=O)C(NC(=O)OC)C(C)C)C1. The molecule has 14 nitrogen and oxygen atoms in total. The number of likely N-dealkylation sites (tertiary alicyclic amines) is 2. The molecule has 8 rings (SSSR count). The fraction of sp³-hybridized carbons (Fsp3) is 0.410. The first-order valence-electron chi connectivity index (χ1n) is 18.0. The summed E-state index contributed by atoms with van der Waals surface area (Å²) in [6.45, 7) is 5.68. The van der Waals surface area contributed by atoms with Crippen LogP contribution >= 0.6 is 0 Å². The van der Waals surface area contributed by atoms with E-state index in [2.05, 4.69) is 56.7 Å². The molecule has 4 atom stereocenters. The van der Waals surface area contributed by atoms with Crippen molar-refractivity contribution < 1.29 is 33.7 Å². The zero-order valence-corrected chi connectivity index (χ0v) is 30.1. The molecular weight excluding hydrogens is 678 g/mol. The Morgan fingerprint density at radius 3 is 2.66 bits per heavy atom. The van der Waals surface area contributed by atoms with Gasteiger partial charge >= 0.3 is 12.2 Å². The summed E-state index contributed by atoms with van der Waals surface area (Å²) >= 11 is 0. The maximum atomic E-state index is 14.0. The second-order valence-corrected chi connectivity index (χ2v) is 14.5. The summed E-state index contributed by atoms with van der Waals surface area (Å²) in [6.07, 6.45) is 2.43. The molecule has 0 spiro atoms. The number of nitrogens with zero attached hydrogens (tertiary/aromatic N) is 4. The summed E-state index contributed by atoms with van der Waals surface area (Å²) < 4.78 is 16.7. The molecule has 53 heavy (non-hydrogen) atoms. The van der Waals surface area contributed by atoms with E-state index in [4.69, 9.17) is 19.2 Å². The molecule has 14 heteroatoms. The first-order chi connectivity index (χ1) is 25.6. The monoisotopic (exact) mass is 721 g/mol. The number of carboxylic acid groups (broad SMARTS) is 1. The van der Waals surface area contributed by atoms with Crippen LogP contribution in [-0.4, -0.2) is 92.9 Å². The number of benzene rings is 3. The van der Waals surface area contributed by atoms with Crippen LogP contribution in [0.3, 0.4) is 0 Å². The third kappa shape index (κ3) is 6.20. The summed E-state index contributed by atoms with van der Waals surface area (Å²) in [5.74, 6) is 1.88. The highest BCUT2D eigenvalue weighted by Gasteiger charge is 2.41. The summed E-state index contributed by atoms with van der Waals surface area (Å²) in [6, 6.07) is 13.2. The van der Waals surface area contributed by atoms with Gasteiger partial charge in [0.05, 0.1) is 48.7 Å². The van der Waals surface area contributed by atoms with Gasteiger partial charge in [-0.25, -0.2) is 19.6 Å². The van der Waals surface area contributed by atoms with Crippen LogP contribution in [0.25, 0.3) is 44.2 Å². The average molecular weight is 722 g/mol. The number of alkyl carbamates (subject to hydrolysis) is 1. The topological polar surface area (TPSA) is 175 Å². The molecule has 276 valence electrons. The van der Waals surface area contributed by atoms with Gasteiger partial charge in [0.25, 0.3) is 0 Å². The second kappa shape index (κ2) is 13.7. The van der Waals surface area contributed by atoms with Gasteiger partial charge in [0, 0.05) is 37.1 Å². The number of carbonyl (C=O) groups is 3. The Labute approximate surface area is 305 Å². The molecule has 2 fully saturated rings. The molecule has 3 aliphatic heterocycles. The van der Waals surface area contributed by atoms with Gasteiger partial charge in [-0.1, -0.05) is 32.0 Å². The predicted octanol–water partition coefficient (Wildman–Crippen LogP) is 6.40. The van der Waals surface area contributed by atoms with Crippen LogP contribution in [0.4, 0.5) is 9.59 Å². The van der Waals surface area contributed by atoms with Gasteiger partial charge < -0.3 is 39.5 Å². The second-order valence-electron chi connectivity index (χ2n) is 14.5. The molecule has 3 amide bonds. The van der Waals surface area contributed by atoms with Crippen molar-refractivity contribution in [3.8, 4) is 28.1 Å². The van der Waals surface area contributed by atoms with E-state index >= 15 is 0 Å². The summed E-state index contributed by atoms with van der Waals surface area (Å²) in [5.41, 5.74) is 6.55. The number of ether oxygens (including phenoxy) is 3. The largest absolute Gasteiger partial charge is 0.488 e. The standard InChI is InChI=1S/C39H43N7O7/c1-20(2)33(44-38(48)52-4)37(47)46-17-21(18-51-3)12-31(46)36-41-28-10-8-22-14-27-25-9-7-23(13-24(25)19-53-32(27)15-26(22)34(28)43-36)29-16-40-35(42-29)30-6-5-11-45(30)39(49)50/h7-10,13-16,20-21,30-31,33H,5-6,11-12,17-19H2,1-4H3,(H,40,42)(H,41,43)(H,44,48)(H,49,50)/t21-,30-,31-,33?/m0/s1. The molecule has 0 bridgehead atoms. The molecule has 1 unspecified atom stereocenters. The minimum atomic E-state index is -0.925. The molecule has 0 saturated carbocycles. The van der Waals surface area contributed by atoms with E-state index in [1.807, 2.05) is 24.8 Å². The number of amides is 3. The molecule has 3 aliphatic rings. The zero-order valence-electron chi connectivity index (χ0n) is 30.1. The number of methoxy groups -OCH3 is 2. The average Bonchev–Trinajstić information content (AvgIpc) is 3.98. The minimum Gasteiger partial charge on any atom is -0.488 e. The number of fused-ring (bicyclic) bond motifs is 6. The lowest BCUT2D eigenvalue weighted by atomic mass is 9.92. The number of carbonyl (C=O) groups excluding carboxylic acids is 2. The minimum absolute atomic E-state index is 0.107. The third-order valence-corrected chi connectivity index (χ3v) is 10.9. The van der Waals surface area contributed by atoms with Crippen molar-refractivity contribution in [3.05, 3.63) is 65.9 Å². The molecule has 3 aromatic carbocycles. The van der Waals surface area contributed by atoms with Gasteiger partial charge in [0.2, 0.25) is 5.91 Å². The molecule has 2 aromatic heterocycles. The van der Waals surface area contributed by atoms with Gasteiger partial charge in [-0.3, -0.25) is 9.69 Å². The van der Waals surface area contributed by atoms with Crippen molar-refractivity contribution in [1.29, 1.82) is 0 Å². The Morgan fingerprint density at radius 1 is 1.04 bits per heavy atom. The van der Waals surface area contributed by atoms with Crippen molar-refractivity contribution in [3.63, 3.8) is 0 Å². The molecule has 2 saturated heterocycles. The van der Waals surface area contributed by atoms with E-state index in [-0.39, 0.29) is 29.8 Å². The first-order valence-corrected chi connectivity index (χ1v) is 18.0.